The molecular weight excluding hydrogens is 1910 g/mol. The van der Waals surface area contributed by atoms with Crippen molar-refractivity contribution in [1.29, 1.82) is 0 Å². The first-order valence-electron chi connectivity index (χ1n) is 32.4. The number of benzene rings is 9. The van der Waals surface area contributed by atoms with E-state index < -0.39 is 53.7 Å². The Labute approximate surface area is 973 Å². The molecule has 0 saturated heterocycles. The van der Waals surface area contributed by atoms with Gasteiger partial charge in [0.1, 0.15) is 69.0 Å². The Morgan fingerprint density at radius 1 is 0.273 bits per heavy atom. The largest absolute Gasteiger partial charge is 2.00 e. The first-order valence-corrected chi connectivity index (χ1v) is 32.4. The fourth-order valence-corrected chi connectivity index (χ4v) is 9.50. The molecule has 121 heavy (non-hydrogen) atoms. The third kappa shape index (κ3) is 47.0. The quantitative estimate of drug-likeness (QED) is 0.0603. The molecule has 0 amide bonds. The van der Waals surface area contributed by atoms with E-state index >= 15 is 0 Å². The molecule has 0 aliphatic heterocycles. The first-order chi connectivity index (χ1) is 52.9. The van der Waals surface area contributed by atoms with Gasteiger partial charge in [0.15, 0.2) is 0 Å². The Balaban J connectivity index is -0.000000113. The van der Waals surface area contributed by atoms with Crippen LogP contribution in [-0.4, -0.2) is 249 Å². The van der Waals surface area contributed by atoms with Crippen LogP contribution in [0, 0.1) is 20.8 Å². The molecule has 0 fully saturated rings. The second kappa shape index (κ2) is 73.6. The van der Waals surface area contributed by atoms with Crippen LogP contribution in [0.3, 0.4) is 0 Å². The molecule has 30 nitrogen and oxygen atoms in total. The summed E-state index contributed by atoms with van der Waals surface area (Å²) in [6, 6.07) is 46.8. The number of carbonyl (C=O) groups is 9. The number of carboxylic acids is 9. The van der Waals surface area contributed by atoms with Crippen LogP contribution >= 0.6 is 0 Å². The molecule has 0 spiro atoms. The van der Waals surface area contributed by atoms with Crippen LogP contribution in [0.15, 0.2) is 176 Å². The predicted octanol–water partition coefficient (Wildman–Crippen LogP) is -16.0. The van der Waals surface area contributed by atoms with Crippen molar-refractivity contribution in [1.82, 2.24) is 0 Å². The smallest absolute Gasteiger partial charge is 1.00 e. The summed E-state index contributed by atoms with van der Waals surface area (Å²) in [6.45, 7) is 11.8. The zero-order valence-corrected chi connectivity index (χ0v) is 96.1. The fraction of sp³-hybridized carbons (Fsp3) is 0.232. The summed E-state index contributed by atoms with van der Waals surface area (Å²) in [7, 11) is 16.7. The van der Waals surface area contributed by atoms with Crippen LogP contribution in [-0.2, 0) is 5.41 Å². The summed E-state index contributed by atoms with van der Waals surface area (Å²) in [6.07, 6.45) is 0. The molecule has 606 valence electrons. The number of ether oxygens (including phenoxy) is 12. The minimum atomic E-state index is -1.31. The molecule has 9 aromatic rings. The molecule has 0 atom stereocenters. The van der Waals surface area contributed by atoms with Crippen molar-refractivity contribution in [2.75, 3.05) is 85.3 Å². The van der Waals surface area contributed by atoms with Crippen LogP contribution in [0.4, 0.5) is 0 Å². The summed E-state index contributed by atoms with van der Waals surface area (Å²) < 4.78 is 58.2. The van der Waals surface area contributed by atoms with Gasteiger partial charge < -0.3 is 150 Å². The molecule has 0 aliphatic carbocycles. The van der Waals surface area contributed by atoms with Crippen molar-refractivity contribution < 1.29 is 378 Å². The summed E-state index contributed by atoms with van der Waals surface area (Å²) in [4.78, 5) is 95.3. The van der Waals surface area contributed by atoms with Gasteiger partial charge in [-0.3, -0.25) is 0 Å². The third-order valence-corrected chi connectivity index (χ3v) is 14.7. The summed E-state index contributed by atoms with van der Waals surface area (Å²) in [5.74, 6) is -8.39. The molecule has 0 radical (unpaired) electrons. The zero-order chi connectivity index (χ0) is 85.1. The number of aryl methyl sites for hydroxylation is 3. The van der Waals surface area contributed by atoms with E-state index in [1.54, 1.807) is 80.6 Å². The summed E-state index contributed by atoms with van der Waals surface area (Å²) in [5.41, 5.74) is 4.20. The molecule has 39 heteroatoms. The van der Waals surface area contributed by atoms with E-state index in [0.29, 0.717) is 5.56 Å². The minimum absolute atomic E-state index is 0. The Morgan fingerprint density at radius 2 is 0.430 bits per heavy atom. The van der Waals surface area contributed by atoms with Gasteiger partial charge in [-0.05, 0) is 127 Å². The van der Waals surface area contributed by atoms with E-state index in [2.05, 4.69) is 20.8 Å². The Bertz CT molecular complexity index is 4010. The van der Waals surface area contributed by atoms with Crippen molar-refractivity contribution >= 4 is 163 Å². The number of methoxy groups -OCH3 is 12. The molecule has 0 saturated carbocycles. The normalized spacial score (nSPS) is 8.91. The van der Waals surface area contributed by atoms with Gasteiger partial charge in [-0.2, -0.15) is 0 Å². The maximum absolute atomic E-state index is 10.7. The number of carboxylic acid groups (broad SMARTS) is 9. The second-order valence-electron chi connectivity index (χ2n) is 22.8. The van der Waals surface area contributed by atoms with Crippen molar-refractivity contribution in [3.8, 4) is 69.0 Å². The molecule has 0 aromatic heterocycles. The monoisotopic (exact) mass is 2000 g/mol. The Kier molecular flexibility index (Phi) is 82.5. The van der Waals surface area contributed by atoms with Crippen molar-refractivity contribution in [3.63, 3.8) is 0 Å². The first kappa shape index (κ1) is 136. The van der Waals surface area contributed by atoms with Crippen LogP contribution in [0.5, 0.6) is 69.0 Å². The molecule has 0 aliphatic rings. The number of hydrogen-bond donors (Lipinski definition) is 0. The van der Waals surface area contributed by atoms with Crippen molar-refractivity contribution in [2.24, 2.45) is 0 Å². The van der Waals surface area contributed by atoms with E-state index in [1.807, 2.05) is 31.2 Å². The number of carbonyl (C=O) groups excluding carboxylic acids is 9. The van der Waals surface area contributed by atoms with Gasteiger partial charge in [-0.1, -0.05) is 129 Å². The molecule has 0 N–H and O–H groups in total. The predicted molar refractivity (Wildman–Crippen MR) is 409 cm³/mol. The van der Waals surface area contributed by atoms with Gasteiger partial charge in [0.25, 0.3) is 0 Å². The third-order valence-electron chi connectivity index (χ3n) is 14.7. The Hall–Kier alpha value is -3.31. The SMILES string of the molecule is CC(C)(C)c1ccc(C(=O)[O-])cc1.COc1cccc(OC)c1C(=O)[O-].COc1cccc(OC)c1C(=O)[O-].COc1cccc(OC)c1C(=O)[O-].COc1cccc(OC)c1C(=O)[O-].COc1cccc(OC)c1C(=O)[O-].COc1cccc(OC)c1C(=O)[O-].Cc1cc(C)c(C(=O)[O-])c(C)c1.O=C([O-])c1ccccc1.[Ba+2].[Ca+2].[Cs+].[H-].[H-].[H-].[K+].[Li+].[Mg+2].[Na+].[Na+].[Na+]. The maximum atomic E-state index is 10.7. The Morgan fingerprint density at radius 3 is 0.554 bits per heavy atom. The average molecular weight is 2000 g/mol. The fourth-order valence-electron chi connectivity index (χ4n) is 9.50. The molecule has 9 aromatic carbocycles. The van der Waals surface area contributed by atoms with Crippen LogP contribution in [0.2, 0.25) is 0 Å². The van der Waals surface area contributed by atoms with Gasteiger partial charge in [0, 0.05) is 5.56 Å². The van der Waals surface area contributed by atoms with E-state index in [9.17, 15) is 89.1 Å². The van der Waals surface area contributed by atoms with E-state index in [4.69, 9.17) is 56.8 Å². The topological polar surface area (TPSA) is 472 Å². The molecule has 0 unspecified atom stereocenters. The maximum Gasteiger partial charge on any atom is 2.00 e. The number of hydrogen-bond acceptors (Lipinski definition) is 30. The van der Waals surface area contributed by atoms with E-state index in [0.717, 1.165) is 22.3 Å². The van der Waals surface area contributed by atoms with E-state index in [-0.39, 0.29) is 461 Å². The second-order valence-corrected chi connectivity index (χ2v) is 22.8. The standard InChI is InChI=1S/C11H14O2.C10H12O2.6C9H10O4.C7H6O2.Ba.Ca.Cs.K.Li.Mg.3Na.3H/c1-11(2,3)9-6-4-8(5-7-9)10(12)13;1-6-4-7(2)9(10(11)12)8(3)5-6;6*1-12-6-4-3-5-7(13-2)8(6)9(10)11;8-7(9)6-4-2-1-3-5-6;;;;;;;;;;;;/h4-7H,1-3H3,(H,12,13);4-5H,1-3H3,(H,11,12);6*3-5H,1-2H3,(H,10,11);1-5H,(H,8,9);;;;;;;;;;;;/q;;;;;;;;;2*+2;3*+1;+2;3*+1;3*-1/p-9. The van der Waals surface area contributed by atoms with E-state index in [1.165, 1.54) is 170 Å². The number of aromatic carboxylic acids is 9. The van der Waals surface area contributed by atoms with Gasteiger partial charge >= 0.3 is 337 Å². The zero-order valence-electron chi connectivity index (χ0n) is 75.6. The van der Waals surface area contributed by atoms with Gasteiger partial charge in [-0.25, -0.2) is 0 Å². The van der Waals surface area contributed by atoms with Crippen molar-refractivity contribution in [2.45, 2.75) is 47.0 Å². The van der Waals surface area contributed by atoms with Gasteiger partial charge in [-0.15, -0.1) is 0 Å². The minimum Gasteiger partial charge on any atom is -1.00 e. The molecule has 0 bridgehead atoms. The average Bonchev–Trinajstić information content (AvgIpc) is 0.872. The molecule has 0 heterocycles. The summed E-state index contributed by atoms with van der Waals surface area (Å²) >= 11 is 0. The molecule has 9 rings (SSSR count). The van der Waals surface area contributed by atoms with Crippen LogP contribution in [0.1, 0.15) is 141 Å². The van der Waals surface area contributed by atoms with Crippen molar-refractivity contribution in [3.05, 3.63) is 248 Å². The molecular formula is C82H86BaCaCsKLiMgNa3O30. The van der Waals surface area contributed by atoms with Gasteiger partial charge in [0.05, 0.1) is 172 Å². The summed E-state index contributed by atoms with van der Waals surface area (Å²) in [5, 5.41) is 95.3. The van der Waals surface area contributed by atoms with Crippen LogP contribution in [0.25, 0.3) is 0 Å². The number of rotatable bonds is 21. The van der Waals surface area contributed by atoms with Gasteiger partial charge in [0.2, 0.25) is 0 Å². The van der Waals surface area contributed by atoms with Crippen LogP contribution < -0.4 is 331 Å².